The van der Waals surface area contributed by atoms with E-state index in [1.54, 1.807) is 24.4 Å². The third-order valence-corrected chi connectivity index (χ3v) is 4.62. The predicted molar refractivity (Wildman–Crippen MR) is 83.4 cm³/mol. The molecule has 0 saturated carbocycles. The normalized spacial score (nSPS) is 23.6. The topological polar surface area (TPSA) is 42.1 Å². The molecule has 2 aromatic rings. The number of rotatable bonds is 3. The number of hydrogen-bond acceptors (Lipinski definition) is 3. The first-order chi connectivity index (χ1) is 10.2. The Morgan fingerprint density at radius 2 is 2.19 bits per heavy atom. The molecule has 2 unspecified atom stereocenters. The summed E-state index contributed by atoms with van der Waals surface area (Å²) < 4.78 is 13.9. The molecule has 0 aliphatic carbocycles. The Morgan fingerprint density at radius 3 is 3.00 bits per heavy atom. The van der Waals surface area contributed by atoms with E-state index in [1.165, 1.54) is 12.8 Å². The fourth-order valence-corrected chi connectivity index (χ4v) is 3.40. The van der Waals surface area contributed by atoms with Gasteiger partial charge in [-0.1, -0.05) is 12.5 Å². The molecule has 0 spiro atoms. The molecule has 1 aromatic carbocycles. The average molecular weight is 287 g/mol. The minimum absolute atomic E-state index is 0.205. The van der Waals surface area contributed by atoms with Gasteiger partial charge in [0, 0.05) is 36.8 Å². The highest BCUT2D eigenvalue weighted by Crippen LogP contribution is 2.27. The van der Waals surface area contributed by atoms with Crippen molar-refractivity contribution in [2.45, 2.75) is 44.8 Å². The molecule has 3 rings (SSSR count). The fraction of sp³-hybridized carbons (Fsp3) is 0.471. The lowest BCUT2D eigenvalue weighted by Gasteiger charge is -2.40. The molecule has 1 aromatic heterocycles. The highest BCUT2D eigenvalue weighted by molar-refractivity contribution is 5.82. The van der Waals surface area contributed by atoms with Crippen molar-refractivity contribution in [3.63, 3.8) is 0 Å². The summed E-state index contributed by atoms with van der Waals surface area (Å²) in [5.74, 6) is -0.205. The zero-order valence-electron chi connectivity index (χ0n) is 12.4. The number of hydrogen-bond donors (Lipinski definition) is 1. The summed E-state index contributed by atoms with van der Waals surface area (Å²) in [5, 5.41) is 0.601. The van der Waals surface area contributed by atoms with Crippen molar-refractivity contribution in [3.8, 4) is 0 Å². The van der Waals surface area contributed by atoms with E-state index in [0.717, 1.165) is 24.0 Å². The van der Waals surface area contributed by atoms with E-state index in [-0.39, 0.29) is 5.82 Å². The lowest BCUT2D eigenvalue weighted by Crippen LogP contribution is -2.48. The van der Waals surface area contributed by atoms with Gasteiger partial charge in [-0.15, -0.1) is 0 Å². The summed E-state index contributed by atoms with van der Waals surface area (Å²) >= 11 is 0. The molecule has 0 amide bonds. The molecule has 2 atom stereocenters. The van der Waals surface area contributed by atoms with Crippen molar-refractivity contribution in [1.29, 1.82) is 0 Å². The first kappa shape index (κ1) is 14.4. The number of nitrogens with zero attached hydrogens (tertiary/aromatic N) is 2. The highest BCUT2D eigenvalue weighted by atomic mass is 19.1. The van der Waals surface area contributed by atoms with E-state index in [1.807, 2.05) is 6.07 Å². The third kappa shape index (κ3) is 2.78. The molecule has 1 fully saturated rings. The molecule has 1 aliphatic heterocycles. The van der Waals surface area contributed by atoms with Gasteiger partial charge >= 0.3 is 0 Å². The molecule has 3 nitrogen and oxygen atoms in total. The smallest absolute Gasteiger partial charge is 0.132 e. The Hall–Kier alpha value is -1.52. The van der Waals surface area contributed by atoms with Gasteiger partial charge in [0.2, 0.25) is 0 Å². The van der Waals surface area contributed by atoms with Crippen LogP contribution in [0.15, 0.2) is 30.5 Å². The third-order valence-electron chi connectivity index (χ3n) is 4.62. The van der Waals surface area contributed by atoms with Gasteiger partial charge in [-0.2, -0.15) is 0 Å². The van der Waals surface area contributed by atoms with Crippen molar-refractivity contribution in [2.75, 3.05) is 6.54 Å². The van der Waals surface area contributed by atoms with Crippen LogP contribution < -0.4 is 5.73 Å². The maximum Gasteiger partial charge on any atom is 0.132 e. The van der Waals surface area contributed by atoms with Gasteiger partial charge in [0.25, 0.3) is 0 Å². The van der Waals surface area contributed by atoms with E-state index >= 15 is 0 Å². The highest BCUT2D eigenvalue weighted by Gasteiger charge is 2.27. The SMILES string of the molecule is CC1CCCC(CN)N1Cc1ccc(F)c2cccnc12. The minimum Gasteiger partial charge on any atom is -0.329 e. The molecular weight excluding hydrogens is 265 g/mol. The summed E-state index contributed by atoms with van der Waals surface area (Å²) in [5.41, 5.74) is 7.78. The van der Waals surface area contributed by atoms with Crippen molar-refractivity contribution in [3.05, 3.63) is 41.8 Å². The summed E-state index contributed by atoms with van der Waals surface area (Å²) in [6.07, 6.45) is 5.31. The number of fused-ring (bicyclic) bond motifs is 1. The maximum absolute atomic E-state index is 13.9. The first-order valence-electron chi connectivity index (χ1n) is 7.68. The van der Waals surface area contributed by atoms with Gasteiger partial charge < -0.3 is 5.73 Å². The molecule has 0 radical (unpaired) electrons. The number of piperidine rings is 1. The van der Waals surface area contributed by atoms with Gasteiger partial charge in [0.15, 0.2) is 0 Å². The van der Waals surface area contributed by atoms with Crippen molar-refractivity contribution in [2.24, 2.45) is 5.73 Å². The summed E-state index contributed by atoms with van der Waals surface area (Å²) in [7, 11) is 0. The number of nitrogens with two attached hydrogens (primary N) is 1. The van der Waals surface area contributed by atoms with Crippen LogP contribution >= 0.6 is 0 Å². The summed E-state index contributed by atoms with van der Waals surface area (Å²) in [6, 6.07) is 7.90. The molecule has 0 bridgehead atoms. The van der Waals surface area contributed by atoms with Gasteiger partial charge in [0.1, 0.15) is 5.82 Å². The molecule has 21 heavy (non-hydrogen) atoms. The lowest BCUT2D eigenvalue weighted by molar-refractivity contribution is 0.0896. The quantitative estimate of drug-likeness (QED) is 0.943. The second-order valence-corrected chi connectivity index (χ2v) is 5.95. The van der Waals surface area contributed by atoms with E-state index in [0.29, 0.717) is 24.0 Å². The fourth-order valence-electron chi connectivity index (χ4n) is 3.40. The van der Waals surface area contributed by atoms with Gasteiger partial charge in [-0.25, -0.2) is 4.39 Å². The van der Waals surface area contributed by atoms with Crippen LogP contribution in [0.5, 0.6) is 0 Å². The molecular formula is C17H22FN3. The first-order valence-corrected chi connectivity index (χ1v) is 7.68. The Balaban J connectivity index is 1.95. The van der Waals surface area contributed by atoms with Crippen LogP contribution in [0.4, 0.5) is 4.39 Å². The number of aromatic nitrogens is 1. The Kier molecular flexibility index (Phi) is 4.17. The van der Waals surface area contributed by atoms with Crippen molar-refractivity contribution < 1.29 is 4.39 Å². The Labute approximate surface area is 125 Å². The van der Waals surface area contributed by atoms with Crippen LogP contribution in [0.1, 0.15) is 31.7 Å². The van der Waals surface area contributed by atoms with Gasteiger partial charge in [-0.05, 0) is 43.5 Å². The van der Waals surface area contributed by atoms with E-state index in [2.05, 4.69) is 16.8 Å². The molecule has 4 heteroatoms. The Bertz CT molecular complexity index is 628. The second kappa shape index (κ2) is 6.08. The standard InChI is InChI=1S/C17H22FN3/c1-12-4-2-5-14(10-19)21(12)11-13-7-8-16(18)15-6-3-9-20-17(13)15/h3,6-9,12,14H,2,4-5,10-11,19H2,1H3. The van der Waals surface area contributed by atoms with Crippen LogP contribution in [0.3, 0.4) is 0 Å². The predicted octanol–water partition coefficient (Wildman–Crippen LogP) is 3.08. The monoisotopic (exact) mass is 287 g/mol. The lowest BCUT2D eigenvalue weighted by atomic mass is 9.95. The largest absolute Gasteiger partial charge is 0.329 e. The van der Waals surface area contributed by atoms with E-state index in [4.69, 9.17) is 5.73 Å². The number of likely N-dealkylation sites (tertiary alicyclic amines) is 1. The number of benzene rings is 1. The summed E-state index contributed by atoms with van der Waals surface area (Å²) in [6.45, 7) is 3.72. The molecule has 1 saturated heterocycles. The molecule has 1 aliphatic rings. The van der Waals surface area contributed by atoms with Crippen LogP contribution in [-0.2, 0) is 6.54 Å². The van der Waals surface area contributed by atoms with Crippen molar-refractivity contribution >= 4 is 10.9 Å². The van der Waals surface area contributed by atoms with Gasteiger partial charge in [-0.3, -0.25) is 9.88 Å². The number of pyridine rings is 1. The molecule has 2 heterocycles. The second-order valence-electron chi connectivity index (χ2n) is 5.95. The number of halogens is 1. The maximum atomic E-state index is 13.9. The van der Waals surface area contributed by atoms with E-state index < -0.39 is 0 Å². The summed E-state index contributed by atoms with van der Waals surface area (Å²) in [4.78, 5) is 6.83. The Morgan fingerprint density at radius 1 is 1.33 bits per heavy atom. The van der Waals surface area contributed by atoms with Crippen LogP contribution in [0.2, 0.25) is 0 Å². The average Bonchev–Trinajstić information content (AvgIpc) is 2.52. The zero-order chi connectivity index (χ0) is 14.8. The molecule has 112 valence electrons. The zero-order valence-corrected chi connectivity index (χ0v) is 12.4. The van der Waals surface area contributed by atoms with Crippen LogP contribution in [0, 0.1) is 5.82 Å². The van der Waals surface area contributed by atoms with Crippen LogP contribution in [-0.4, -0.2) is 28.5 Å². The van der Waals surface area contributed by atoms with Gasteiger partial charge in [0.05, 0.1) is 5.52 Å². The molecule has 2 N–H and O–H groups in total. The van der Waals surface area contributed by atoms with Crippen molar-refractivity contribution in [1.82, 2.24) is 9.88 Å². The van der Waals surface area contributed by atoms with E-state index in [9.17, 15) is 4.39 Å². The minimum atomic E-state index is -0.205. The van der Waals surface area contributed by atoms with Crippen LogP contribution in [0.25, 0.3) is 10.9 Å².